The molecule has 1 aromatic rings. The molecule has 80 valence electrons. The van der Waals surface area contributed by atoms with Crippen molar-refractivity contribution >= 4 is 17.3 Å². The zero-order chi connectivity index (χ0) is 11.3. The first-order valence-electron chi connectivity index (χ1n) is 4.39. The lowest BCUT2D eigenvalue weighted by Gasteiger charge is -2.02. The van der Waals surface area contributed by atoms with Gasteiger partial charge in [0.25, 0.3) is 5.69 Å². The summed E-state index contributed by atoms with van der Waals surface area (Å²) in [5.41, 5.74) is 0.766. The molecule has 15 heavy (non-hydrogen) atoms. The summed E-state index contributed by atoms with van der Waals surface area (Å²) in [6.07, 6.45) is 1.73. The highest BCUT2D eigenvalue weighted by Crippen LogP contribution is 2.24. The van der Waals surface area contributed by atoms with Gasteiger partial charge in [-0.2, -0.15) is 0 Å². The highest BCUT2D eigenvalue weighted by molar-refractivity contribution is 6.32. The van der Waals surface area contributed by atoms with Crippen LogP contribution in [0.5, 0.6) is 0 Å². The number of hydrogen-bond acceptors (Lipinski definition) is 3. The summed E-state index contributed by atoms with van der Waals surface area (Å²) in [6.45, 7) is 4.78. The standard InChI is InChI=1S/C10H11ClN2O2/c1-2-5-12-7-8-3-4-9(11)10(6-8)13(14)15/h2-4,6,12H,1,5,7H2. The van der Waals surface area contributed by atoms with Crippen LogP contribution in [0.1, 0.15) is 5.56 Å². The molecule has 0 atom stereocenters. The molecule has 0 aliphatic carbocycles. The van der Waals surface area contributed by atoms with E-state index in [1.165, 1.54) is 12.1 Å². The summed E-state index contributed by atoms with van der Waals surface area (Å²) in [4.78, 5) is 10.1. The highest BCUT2D eigenvalue weighted by atomic mass is 35.5. The third-order valence-electron chi connectivity index (χ3n) is 1.83. The maximum Gasteiger partial charge on any atom is 0.288 e. The number of nitro groups is 1. The summed E-state index contributed by atoms with van der Waals surface area (Å²) < 4.78 is 0. The number of hydrogen-bond donors (Lipinski definition) is 1. The third kappa shape index (κ3) is 3.34. The maximum absolute atomic E-state index is 10.6. The molecule has 0 fully saturated rings. The van der Waals surface area contributed by atoms with Gasteiger partial charge in [-0.1, -0.05) is 23.7 Å². The molecule has 4 nitrogen and oxygen atoms in total. The van der Waals surface area contributed by atoms with Crippen LogP contribution >= 0.6 is 11.6 Å². The minimum absolute atomic E-state index is 0.0606. The van der Waals surface area contributed by atoms with Gasteiger partial charge in [0.15, 0.2) is 0 Å². The van der Waals surface area contributed by atoms with Crippen LogP contribution in [0.4, 0.5) is 5.69 Å². The molecular formula is C10H11ClN2O2. The van der Waals surface area contributed by atoms with E-state index in [0.717, 1.165) is 5.56 Å². The van der Waals surface area contributed by atoms with Crippen molar-refractivity contribution in [2.45, 2.75) is 6.54 Å². The van der Waals surface area contributed by atoms with Gasteiger partial charge in [0.1, 0.15) is 5.02 Å². The van der Waals surface area contributed by atoms with Gasteiger partial charge in [-0.25, -0.2) is 0 Å². The van der Waals surface area contributed by atoms with Gasteiger partial charge in [0, 0.05) is 19.2 Å². The van der Waals surface area contributed by atoms with Gasteiger partial charge in [-0.15, -0.1) is 6.58 Å². The molecule has 0 unspecified atom stereocenters. The van der Waals surface area contributed by atoms with E-state index in [4.69, 9.17) is 11.6 Å². The van der Waals surface area contributed by atoms with Crippen molar-refractivity contribution < 1.29 is 4.92 Å². The number of halogens is 1. The average molecular weight is 227 g/mol. The fourth-order valence-electron chi connectivity index (χ4n) is 1.13. The molecule has 0 aliphatic heterocycles. The summed E-state index contributed by atoms with van der Waals surface area (Å²) in [5, 5.41) is 13.8. The van der Waals surface area contributed by atoms with Crippen LogP contribution in [0.25, 0.3) is 0 Å². The lowest BCUT2D eigenvalue weighted by molar-refractivity contribution is -0.384. The smallest absolute Gasteiger partial charge is 0.288 e. The largest absolute Gasteiger partial charge is 0.309 e. The summed E-state index contributed by atoms with van der Waals surface area (Å²) >= 11 is 5.67. The molecule has 1 N–H and O–H groups in total. The van der Waals surface area contributed by atoms with E-state index < -0.39 is 4.92 Å². The van der Waals surface area contributed by atoms with Crippen molar-refractivity contribution in [1.82, 2.24) is 5.32 Å². The van der Waals surface area contributed by atoms with E-state index in [9.17, 15) is 10.1 Å². The van der Waals surface area contributed by atoms with E-state index in [0.29, 0.717) is 13.1 Å². The summed E-state index contributed by atoms with van der Waals surface area (Å²) in [7, 11) is 0. The van der Waals surface area contributed by atoms with Gasteiger partial charge in [0.05, 0.1) is 4.92 Å². The molecule has 0 spiro atoms. The Morgan fingerprint density at radius 3 is 2.93 bits per heavy atom. The second-order valence-corrected chi connectivity index (χ2v) is 3.37. The molecule has 0 heterocycles. The maximum atomic E-state index is 10.6. The van der Waals surface area contributed by atoms with Gasteiger partial charge in [-0.05, 0) is 11.6 Å². The molecule has 5 heteroatoms. The topological polar surface area (TPSA) is 55.2 Å². The van der Waals surface area contributed by atoms with Crippen molar-refractivity contribution in [2.24, 2.45) is 0 Å². The predicted molar refractivity (Wildman–Crippen MR) is 60.0 cm³/mol. The predicted octanol–water partition coefficient (Wildman–Crippen LogP) is 2.52. The first kappa shape index (κ1) is 11.7. The van der Waals surface area contributed by atoms with Crippen LogP contribution in [-0.4, -0.2) is 11.5 Å². The molecule has 0 saturated heterocycles. The fourth-order valence-corrected chi connectivity index (χ4v) is 1.31. The van der Waals surface area contributed by atoms with Crippen molar-refractivity contribution in [1.29, 1.82) is 0 Å². The van der Waals surface area contributed by atoms with E-state index in [1.807, 2.05) is 0 Å². The summed E-state index contributed by atoms with van der Waals surface area (Å²) in [5.74, 6) is 0. The van der Waals surface area contributed by atoms with Crippen LogP contribution in [-0.2, 0) is 6.54 Å². The van der Waals surface area contributed by atoms with Crippen LogP contribution in [0.3, 0.4) is 0 Å². The van der Waals surface area contributed by atoms with E-state index in [-0.39, 0.29) is 10.7 Å². The Balaban J connectivity index is 2.78. The molecular weight excluding hydrogens is 216 g/mol. The van der Waals surface area contributed by atoms with Crippen LogP contribution in [0, 0.1) is 10.1 Å². The Kier molecular flexibility index (Phi) is 4.27. The lowest BCUT2D eigenvalue weighted by Crippen LogP contribution is -2.12. The molecule has 0 aromatic heterocycles. The zero-order valence-electron chi connectivity index (χ0n) is 8.07. The fraction of sp³-hybridized carbons (Fsp3) is 0.200. The van der Waals surface area contributed by atoms with Gasteiger partial charge < -0.3 is 5.32 Å². The number of nitrogens with one attached hydrogen (secondary N) is 1. The van der Waals surface area contributed by atoms with Crippen molar-refractivity contribution in [3.8, 4) is 0 Å². The number of rotatable bonds is 5. The Morgan fingerprint density at radius 2 is 2.33 bits per heavy atom. The number of nitro benzene ring substituents is 1. The van der Waals surface area contributed by atoms with E-state index in [1.54, 1.807) is 12.1 Å². The average Bonchev–Trinajstić information content (AvgIpc) is 2.20. The van der Waals surface area contributed by atoms with Crippen LogP contribution in [0.2, 0.25) is 5.02 Å². The Labute approximate surface area is 92.7 Å². The van der Waals surface area contributed by atoms with Crippen molar-refractivity contribution in [3.05, 3.63) is 51.6 Å². The molecule has 1 rings (SSSR count). The van der Waals surface area contributed by atoms with Gasteiger partial charge in [0.2, 0.25) is 0 Å². The van der Waals surface area contributed by atoms with E-state index >= 15 is 0 Å². The quantitative estimate of drug-likeness (QED) is 0.363. The van der Waals surface area contributed by atoms with E-state index in [2.05, 4.69) is 11.9 Å². The number of benzene rings is 1. The highest BCUT2D eigenvalue weighted by Gasteiger charge is 2.11. The normalized spacial score (nSPS) is 9.93. The first-order chi connectivity index (χ1) is 7.15. The molecule has 0 aliphatic rings. The Bertz CT molecular complexity index is 380. The molecule has 0 saturated carbocycles. The molecule has 1 aromatic carbocycles. The third-order valence-corrected chi connectivity index (χ3v) is 2.14. The Morgan fingerprint density at radius 1 is 1.60 bits per heavy atom. The van der Waals surface area contributed by atoms with Crippen molar-refractivity contribution in [3.63, 3.8) is 0 Å². The minimum atomic E-state index is -0.487. The molecule has 0 radical (unpaired) electrons. The molecule has 0 bridgehead atoms. The zero-order valence-corrected chi connectivity index (χ0v) is 8.83. The van der Waals surface area contributed by atoms with Gasteiger partial charge >= 0.3 is 0 Å². The number of nitrogens with zero attached hydrogens (tertiary/aromatic N) is 1. The Hall–Kier alpha value is -1.39. The second-order valence-electron chi connectivity index (χ2n) is 2.96. The SMILES string of the molecule is C=CCNCc1ccc(Cl)c([N+](=O)[O-])c1. The summed E-state index contributed by atoms with van der Waals surface area (Å²) in [6, 6.07) is 4.76. The first-order valence-corrected chi connectivity index (χ1v) is 4.77. The molecule has 0 amide bonds. The minimum Gasteiger partial charge on any atom is -0.309 e. The second kappa shape index (κ2) is 5.48. The lowest BCUT2D eigenvalue weighted by atomic mass is 10.2. The van der Waals surface area contributed by atoms with Gasteiger partial charge in [-0.3, -0.25) is 10.1 Å². The van der Waals surface area contributed by atoms with Crippen LogP contribution in [0.15, 0.2) is 30.9 Å². The van der Waals surface area contributed by atoms with Crippen LogP contribution < -0.4 is 5.32 Å². The monoisotopic (exact) mass is 226 g/mol. The van der Waals surface area contributed by atoms with Crippen molar-refractivity contribution in [2.75, 3.05) is 6.54 Å².